The molecule has 7 heteroatoms. The topological polar surface area (TPSA) is 77.8 Å². The molecule has 1 aromatic heterocycles. The van der Waals surface area contributed by atoms with E-state index in [1.807, 2.05) is 42.5 Å². The minimum Gasteiger partial charge on any atom is -0.484 e. The van der Waals surface area contributed by atoms with Crippen molar-refractivity contribution >= 4 is 38.5 Å². The van der Waals surface area contributed by atoms with Gasteiger partial charge in [0.25, 0.3) is 5.91 Å². The van der Waals surface area contributed by atoms with E-state index in [4.69, 9.17) is 13.9 Å². The maximum Gasteiger partial charge on any atom is 0.262 e. The SMILES string of the molecule is CC(C)c1ccccc1NC(=O)COc1ccc2c(=O)c(Oc3ccccc3Br)coc2c1. The second-order valence-corrected chi connectivity index (χ2v) is 8.55. The van der Waals surface area contributed by atoms with Crippen LogP contribution in [0.4, 0.5) is 5.69 Å². The van der Waals surface area contributed by atoms with Crippen molar-refractivity contribution in [2.75, 3.05) is 11.9 Å². The molecule has 0 atom stereocenters. The number of fused-ring (bicyclic) bond motifs is 1. The van der Waals surface area contributed by atoms with Gasteiger partial charge in [-0.15, -0.1) is 0 Å². The Morgan fingerprint density at radius 1 is 1.03 bits per heavy atom. The quantitative estimate of drug-likeness (QED) is 0.309. The van der Waals surface area contributed by atoms with Gasteiger partial charge in [-0.05, 0) is 57.7 Å². The first-order chi connectivity index (χ1) is 15.9. The smallest absolute Gasteiger partial charge is 0.262 e. The fourth-order valence-electron chi connectivity index (χ4n) is 3.35. The number of hydrogen-bond acceptors (Lipinski definition) is 5. The minimum absolute atomic E-state index is 0.0752. The van der Waals surface area contributed by atoms with Crippen molar-refractivity contribution in [1.29, 1.82) is 0 Å². The van der Waals surface area contributed by atoms with Gasteiger partial charge >= 0.3 is 0 Å². The van der Waals surface area contributed by atoms with Crippen molar-refractivity contribution in [1.82, 2.24) is 0 Å². The summed E-state index contributed by atoms with van der Waals surface area (Å²) in [7, 11) is 0. The van der Waals surface area contributed by atoms with Gasteiger partial charge in [-0.2, -0.15) is 0 Å². The van der Waals surface area contributed by atoms with Crippen LogP contribution in [0.5, 0.6) is 17.2 Å². The van der Waals surface area contributed by atoms with Crippen molar-refractivity contribution in [2.45, 2.75) is 19.8 Å². The number of ether oxygens (including phenoxy) is 2. The molecule has 0 radical (unpaired) electrons. The summed E-state index contributed by atoms with van der Waals surface area (Å²) < 4.78 is 17.6. The van der Waals surface area contributed by atoms with Gasteiger partial charge in [-0.3, -0.25) is 9.59 Å². The highest BCUT2D eigenvalue weighted by atomic mass is 79.9. The molecule has 4 rings (SSSR count). The maximum atomic E-state index is 12.8. The van der Waals surface area contributed by atoms with E-state index in [-0.39, 0.29) is 29.6 Å². The molecule has 168 valence electrons. The highest BCUT2D eigenvalue weighted by molar-refractivity contribution is 9.10. The molecule has 6 nitrogen and oxygen atoms in total. The van der Waals surface area contributed by atoms with Crippen LogP contribution in [0.15, 0.2) is 86.7 Å². The number of anilines is 1. The van der Waals surface area contributed by atoms with Crippen molar-refractivity contribution in [2.24, 2.45) is 0 Å². The van der Waals surface area contributed by atoms with E-state index in [1.165, 1.54) is 6.26 Å². The van der Waals surface area contributed by atoms with Crippen LogP contribution in [0.3, 0.4) is 0 Å². The van der Waals surface area contributed by atoms with Crippen molar-refractivity contribution in [3.05, 3.63) is 93.3 Å². The Labute approximate surface area is 199 Å². The Kier molecular flexibility index (Phi) is 6.79. The third-order valence-corrected chi connectivity index (χ3v) is 5.65. The van der Waals surface area contributed by atoms with Gasteiger partial charge < -0.3 is 19.2 Å². The largest absolute Gasteiger partial charge is 0.484 e. The van der Waals surface area contributed by atoms with Crippen LogP contribution >= 0.6 is 15.9 Å². The molecule has 0 saturated carbocycles. The average molecular weight is 508 g/mol. The van der Waals surface area contributed by atoms with Gasteiger partial charge in [0.15, 0.2) is 6.61 Å². The second-order valence-electron chi connectivity index (χ2n) is 7.70. The zero-order valence-corrected chi connectivity index (χ0v) is 19.7. The zero-order chi connectivity index (χ0) is 23.4. The van der Waals surface area contributed by atoms with Gasteiger partial charge in [-0.1, -0.05) is 44.2 Å². The molecule has 0 aliphatic carbocycles. The Hall–Kier alpha value is -3.58. The summed E-state index contributed by atoms with van der Waals surface area (Å²) in [5, 5.41) is 3.24. The number of para-hydroxylation sites is 2. The normalized spacial score (nSPS) is 10.9. The molecule has 3 aromatic carbocycles. The predicted molar refractivity (Wildman–Crippen MR) is 131 cm³/mol. The number of nitrogens with one attached hydrogen (secondary N) is 1. The number of amides is 1. The van der Waals surface area contributed by atoms with Crippen LogP contribution in [-0.4, -0.2) is 12.5 Å². The van der Waals surface area contributed by atoms with Crippen LogP contribution in [0.25, 0.3) is 11.0 Å². The zero-order valence-electron chi connectivity index (χ0n) is 18.1. The fraction of sp³-hybridized carbons (Fsp3) is 0.154. The molecule has 0 unspecified atom stereocenters. The van der Waals surface area contributed by atoms with Crippen LogP contribution < -0.4 is 20.2 Å². The van der Waals surface area contributed by atoms with E-state index in [1.54, 1.807) is 24.3 Å². The van der Waals surface area contributed by atoms with E-state index in [0.29, 0.717) is 22.5 Å². The highest BCUT2D eigenvalue weighted by Crippen LogP contribution is 2.29. The van der Waals surface area contributed by atoms with Gasteiger partial charge in [0, 0.05) is 11.8 Å². The molecule has 0 spiro atoms. The molecular formula is C26H22BrNO5. The molecule has 0 bridgehead atoms. The van der Waals surface area contributed by atoms with Crippen LogP contribution in [-0.2, 0) is 4.79 Å². The predicted octanol–water partition coefficient (Wildman–Crippen LogP) is 6.49. The average Bonchev–Trinajstić information content (AvgIpc) is 2.81. The van der Waals surface area contributed by atoms with Crippen molar-refractivity contribution in [3.8, 4) is 17.2 Å². The van der Waals surface area contributed by atoms with Crippen molar-refractivity contribution < 1.29 is 18.7 Å². The lowest BCUT2D eigenvalue weighted by Gasteiger charge is -2.14. The minimum atomic E-state index is -0.304. The second kappa shape index (κ2) is 9.92. The number of benzene rings is 3. The van der Waals surface area contributed by atoms with E-state index < -0.39 is 0 Å². The fourth-order valence-corrected chi connectivity index (χ4v) is 3.71. The maximum absolute atomic E-state index is 12.8. The third kappa shape index (κ3) is 5.26. The molecule has 0 aliphatic rings. The summed E-state index contributed by atoms with van der Waals surface area (Å²) in [6.45, 7) is 3.96. The number of hydrogen-bond donors (Lipinski definition) is 1. The van der Waals surface area contributed by atoms with E-state index in [9.17, 15) is 9.59 Å². The first-order valence-electron chi connectivity index (χ1n) is 10.4. The molecule has 0 aliphatic heterocycles. The van der Waals surface area contributed by atoms with Gasteiger partial charge in [0.2, 0.25) is 11.2 Å². The third-order valence-electron chi connectivity index (χ3n) is 5.00. The molecule has 1 heterocycles. The Bertz CT molecular complexity index is 1360. The molecular weight excluding hydrogens is 486 g/mol. The van der Waals surface area contributed by atoms with Gasteiger partial charge in [-0.25, -0.2) is 0 Å². The Morgan fingerprint density at radius 2 is 1.79 bits per heavy atom. The summed E-state index contributed by atoms with van der Waals surface area (Å²) in [5.41, 5.74) is 1.85. The lowest BCUT2D eigenvalue weighted by Crippen LogP contribution is -2.21. The molecule has 1 N–H and O–H groups in total. The first kappa shape index (κ1) is 22.6. The number of carbonyl (C=O) groups is 1. The Morgan fingerprint density at radius 3 is 2.58 bits per heavy atom. The summed E-state index contributed by atoms with van der Waals surface area (Å²) in [4.78, 5) is 25.2. The number of carbonyl (C=O) groups excluding carboxylic acids is 1. The number of rotatable bonds is 7. The standard InChI is InChI=1S/C26H22BrNO5/c1-16(2)18-7-3-5-9-21(18)28-25(29)15-31-17-11-12-19-23(13-17)32-14-24(26(19)30)33-22-10-6-4-8-20(22)27/h3-14,16H,15H2,1-2H3,(H,28,29). The number of halogens is 1. The molecule has 0 fully saturated rings. The van der Waals surface area contributed by atoms with E-state index in [2.05, 4.69) is 35.1 Å². The lowest BCUT2D eigenvalue weighted by atomic mass is 10.0. The van der Waals surface area contributed by atoms with Gasteiger partial charge in [0.1, 0.15) is 23.3 Å². The summed E-state index contributed by atoms with van der Waals surface area (Å²) in [6.07, 6.45) is 1.27. The molecule has 0 saturated heterocycles. The first-order valence-corrected chi connectivity index (χ1v) is 11.2. The van der Waals surface area contributed by atoms with Gasteiger partial charge in [0.05, 0.1) is 9.86 Å². The lowest BCUT2D eigenvalue weighted by molar-refractivity contribution is -0.118. The monoisotopic (exact) mass is 507 g/mol. The van der Waals surface area contributed by atoms with Crippen LogP contribution in [0.2, 0.25) is 0 Å². The van der Waals surface area contributed by atoms with Crippen LogP contribution in [0.1, 0.15) is 25.3 Å². The summed E-state index contributed by atoms with van der Waals surface area (Å²) >= 11 is 3.39. The van der Waals surface area contributed by atoms with Crippen molar-refractivity contribution in [3.63, 3.8) is 0 Å². The van der Waals surface area contributed by atoms with Crippen LogP contribution in [0, 0.1) is 0 Å². The van der Waals surface area contributed by atoms with E-state index in [0.717, 1.165) is 15.7 Å². The van der Waals surface area contributed by atoms with E-state index >= 15 is 0 Å². The summed E-state index contributed by atoms with van der Waals surface area (Å²) in [6, 6.07) is 19.7. The molecule has 4 aromatic rings. The summed E-state index contributed by atoms with van der Waals surface area (Å²) in [5.74, 6) is 1.00. The molecule has 1 amide bonds. The highest BCUT2D eigenvalue weighted by Gasteiger charge is 2.13. The Balaban J connectivity index is 1.46. The molecule has 33 heavy (non-hydrogen) atoms.